The van der Waals surface area contributed by atoms with Gasteiger partial charge in [0.1, 0.15) is 0 Å². The van der Waals surface area contributed by atoms with E-state index in [1.165, 1.54) is 11.3 Å². The third-order valence-electron chi connectivity index (χ3n) is 5.10. The third kappa shape index (κ3) is 4.67. The van der Waals surface area contributed by atoms with Gasteiger partial charge in [0.15, 0.2) is 5.96 Å². The van der Waals surface area contributed by atoms with Crippen molar-refractivity contribution < 1.29 is 0 Å². The van der Waals surface area contributed by atoms with Crippen LogP contribution in [0.4, 0.5) is 0 Å². The van der Waals surface area contributed by atoms with Crippen molar-refractivity contribution in [1.29, 1.82) is 0 Å². The number of guanidine groups is 1. The Kier molecular flexibility index (Phi) is 6.69. The van der Waals surface area contributed by atoms with E-state index in [4.69, 9.17) is 0 Å². The molecule has 0 amide bonds. The van der Waals surface area contributed by atoms with Crippen molar-refractivity contribution in [3.63, 3.8) is 0 Å². The van der Waals surface area contributed by atoms with E-state index in [0.717, 1.165) is 48.8 Å². The SMILES string of the molecule is CCc1nn(C)c(CC)c1CNC(=NC)N(C)Cc1cnn(-c2ccccc2)c1. The number of nitrogens with one attached hydrogen (secondary N) is 1. The van der Waals surface area contributed by atoms with Gasteiger partial charge >= 0.3 is 0 Å². The molecule has 2 heterocycles. The molecule has 0 fully saturated rings. The van der Waals surface area contributed by atoms with Crippen LogP contribution in [0, 0.1) is 0 Å². The van der Waals surface area contributed by atoms with Crippen molar-refractivity contribution in [2.45, 2.75) is 39.8 Å². The van der Waals surface area contributed by atoms with Crippen molar-refractivity contribution >= 4 is 5.96 Å². The molecule has 154 valence electrons. The molecule has 0 aliphatic rings. The fourth-order valence-corrected chi connectivity index (χ4v) is 3.66. The summed E-state index contributed by atoms with van der Waals surface area (Å²) in [6.07, 6.45) is 5.86. The molecule has 7 heteroatoms. The van der Waals surface area contributed by atoms with Crippen LogP contribution in [-0.4, -0.2) is 44.5 Å². The normalized spacial score (nSPS) is 11.7. The van der Waals surface area contributed by atoms with Crippen LogP contribution in [0.15, 0.2) is 47.7 Å². The van der Waals surface area contributed by atoms with E-state index in [2.05, 4.69) is 45.5 Å². The molecule has 0 saturated carbocycles. The Balaban J connectivity index is 1.66. The molecule has 7 nitrogen and oxygen atoms in total. The number of rotatable bonds is 7. The Labute approximate surface area is 173 Å². The van der Waals surface area contributed by atoms with Gasteiger partial charge < -0.3 is 10.2 Å². The lowest BCUT2D eigenvalue weighted by Gasteiger charge is -2.21. The average Bonchev–Trinajstić information content (AvgIpc) is 3.32. The number of para-hydroxylation sites is 1. The third-order valence-corrected chi connectivity index (χ3v) is 5.10. The minimum atomic E-state index is 0.723. The van der Waals surface area contributed by atoms with Crippen LogP contribution in [0.25, 0.3) is 5.69 Å². The molecular weight excluding hydrogens is 362 g/mol. The number of aliphatic imine (C=N–C) groups is 1. The Morgan fingerprint density at radius 3 is 2.59 bits per heavy atom. The van der Waals surface area contributed by atoms with E-state index < -0.39 is 0 Å². The van der Waals surface area contributed by atoms with Crippen molar-refractivity contribution in [1.82, 2.24) is 29.8 Å². The summed E-state index contributed by atoms with van der Waals surface area (Å²) in [6, 6.07) is 10.1. The molecular formula is C22H31N7. The largest absolute Gasteiger partial charge is 0.352 e. The molecule has 3 rings (SSSR count). The van der Waals surface area contributed by atoms with Gasteiger partial charge in [-0.25, -0.2) is 4.68 Å². The Morgan fingerprint density at radius 2 is 1.93 bits per heavy atom. The number of benzene rings is 1. The topological polar surface area (TPSA) is 63.3 Å². The van der Waals surface area contributed by atoms with Gasteiger partial charge in [-0.2, -0.15) is 10.2 Å². The maximum absolute atomic E-state index is 4.66. The van der Waals surface area contributed by atoms with Crippen LogP contribution in [0.5, 0.6) is 0 Å². The molecule has 29 heavy (non-hydrogen) atoms. The highest BCUT2D eigenvalue weighted by atomic mass is 15.3. The lowest BCUT2D eigenvalue weighted by atomic mass is 10.1. The smallest absolute Gasteiger partial charge is 0.193 e. The zero-order valence-corrected chi connectivity index (χ0v) is 18.1. The molecule has 0 aliphatic heterocycles. The van der Waals surface area contributed by atoms with E-state index >= 15 is 0 Å². The van der Waals surface area contributed by atoms with Crippen LogP contribution in [-0.2, 0) is 33.0 Å². The standard InChI is InChI=1S/C22H31N7/c1-6-20-19(21(7-2)28(5)26-20)14-24-22(23-3)27(4)15-17-13-25-29(16-17)18-11-9-8-10-12-18/h8-13,16H,6-7,14-15H2,1-5H3,(H,23,24). The Bertz CT molecular complexity index is 953. The van der Waals surface area contributed by atoms with Crippen molar-refractivity contribution in [3.05, 3.63) is 65.2 Å². The van der Waals surface area contributed by atoms with Gasteiger partial charge in [0, 0.05) is 57.3 Å². The summed E-state index contributed by atoms with van der Waals surface area (Å²) >= 11 is 0. The van der Waals surface area contributed by atoms with Gasteiger partial charge in [0.2, 0.25) is 0 Å². The first-order chi connectivity index (χ1) is 14.1. The highest BCUT2D eigenvalue weighted by Gasteiger charge is 2.15. The minimum absolute atomic E-state index is 0.723. The summed E-state index contributed by atoms with van der Waals surface area (Å²) < 4.78 is 3.90. The summed E-state index contributed by atoms with van der Waals surface area (Å²) in [6.45, 7) is 5.77. The van der Waals surface area contributed by atoms with Gasteiger partial charge in [0.25, 0.3) is 0 Å². The minimum Gasteiger partial charge on any atom is -0.352 e. The highest BCUT2D eigenvalue weighted by Crippen LogP contribution is 2.15. The van der Waals surface area contributed by atoms with Gasteiger partial charge in [0.05, 0.1) is 17.6 Å². The molecule has 1 aromatic carbocycles. The lowest BCUT2D eigenvalue weighted by Crippen LogP contribution is -2.38. The molecule has 0 bridgehead atoms. The predicted octanol–water partition coefficient (Wildman–Crippen LogP) is 2.94. The van der Waals surface area contributed by atoms with Crippen molar-refractivity contribution in [2.24, 2.45) is 12.0 Å². The van der Waals surface area contributed by atoms with Gasteiger partial charge in [-0.1, -0.05) is 32.0 Å². The fraction of sp³-hybridized carbons (Fsp3) is 0.409. The zero-order valence-electron chi connectivity index (χ0n) is 18.1. The lowest BCUT2D eigenvalue weighted by molar-refractivity contribution is 0.476. The number of hydrogen-bond acceptors (Lipinski definition) is 3. The maximum Gasteiger partial charge on any atom is 0.193 e. The van der Waals surface area contributed by atoms with E-state index in [-0.39, 0.29) is 0 Å². The van der Waals surface area contributed by atoms with Gasteiger partial charge in [-0.15, -0.1) is 0 Å². The molecule has 1 N–H and O–H groups in total. The second kappa shape index (κ2) is 9.41. The van der Waals surface area contributed by atoms with Crippen molar-refractivity contribution in [2.75, 3.05) is 14.1 Å². The predicted molar refractivity (Wildman–Crippen MR) is 117 cm³/mol. The van der Waals surface area contributed by atoms with Gasteiger partial charge in [-0.05, 0) is 25.0 Å². The number of aromatic nitrogens is 4. The summed E-state index contributed by atoms with van der Waals surface area (Å²) in [5.74, 6) is 0.852. The van der Waals surface area contributed by atoms with Crippen LogP contribution >= 0.6 is 0 Å². The summed E-state index contributed by atoms with van der Waals surface area (Å²) in [5, 5.41) is 12.6. The molecule has 0 aliphatic carbocycles. The summed E-state index contributed by atoms with van der Waals surface area (Å²) in [7, 11) is 5.88. The molecule has 2 aromatic heterocycles. The van der Waals surface area contributed by atoms with E-state index in [9.17, 15) is 0 Å². The molecule has 0 atom stereocenters. The van der Waals surface area contributed by atoms with Crippen LogP contribution in [0.1, 0.15) is 36.4 Å². The van der Waals surface area contributed by atoms with E-state index in [1.807, 2.05) is 67.0 Å². The monoisotopic (exact) mass is 393 g/mol. The Hall–Kier alpha value is -3.09. The van der Waals surface area contributed by atoms with Crippen LogP contribution in [0.3, 0.4) is 0 Å². The number of aryl methyl sites for hydroxylation is 2. The van der Waals surface area contributed by atoms with E-state index in [0.29, 0.717) is 0 Å². The van der Waals surface area contributed by atoms with E-state index in [1.54, 1.807) is 0 Å². The maximum atomic E-state index is 4.66. The van der Waals surface area contributed by atoms with Gasteiger partial charge in [-0.3, -0.25) is 9.67 Å². The summed E-state index contributed by atoms with van der Waals surface area (Å²) in [5.41, 5.74) is 5.89. The first-order valence-electron chi connectivity index (χ1n) is 10.1. The van der Waals surface area contributed by atoms with Crippen LogP contribution in [0.2, 0.25) is 0 Å². The molecule has 0 unspecified atom stereocenters. The summed E-state index contributed by atoms with van der Waals surface area (Å²) in [4.78, 5) is 6.57. The molecule has 0 spiro atoms. The van der Waals surface area contributed by atoms with Crippen LogP contribution < -0.4 is 5.32 Å². The average molecular weight is 394 g/mol. The number of hydrogen-bond donors (Lipinski definition) is 1. The number of nitrogens with zero attached hydrogens (tertiary/aromatic N) is 6. The first-order valence-corrected chi connectivity index (χ1v) is 10.1. The molecule has 3 aromatic rings. The fourth-order valence-electron chi connectivity index (χ4n) is 3.66. The first kappa shape index (κ1) is 20.6. The molecule has 0 saturated heterocycles. The zero-order chi connectivity index (χ0) is 20.8. The quantitative estimate of drug-likeness (QED) is 0.495. The van der Waals surface area contributed by atoms with Crippen molar-refractivity contribution in [3.8, 4) is 5.69 Å². The second-order valence-corrected chi connectivity index (χ2v) is 7.09. The molecule has 0 radical (unpaired) electrons. The highest BCUT2D eigenvalue weighted by molar-refractivity contribution is 5.79. The Morgan fingerprint density at radius 1 is 1.17 bits per heavy atom. The second-order valence-electron chi connectivity index (χ2n) is 7.09.